The van der Waals surface area contributed by atoms with Gasteiger partial charge in [0.15, 0.2) is 0 Å². The quantitative estimate of drug-likeness (QED) is 0.337. The normalized spacial score (nSPS) is 12.3. The number of hydrogen-bond acceptors (Lipinski definition) is 2. The maximum atomic E-state index is 5.08. The lowest BCUT2D eigenvalue weighted by Crippen LogP contribution is -2.03. The summed E-state index contributed by atoms with van der Waals surface area (Å²) in [5.74, 6) is 0. The van der Waals surface area contributed by atoms with Crippen LogP contribution in [0.1, 0.15) is 20.3 Å². The minimum atomic E-state index is -0.627. The van der Waals surface area contributed by atoms with Crippen molar-refractivity contribution in [2.45, 2.75) is 33.4 Å². The zero-order chi connectivity index (χ0) is 7.28. The third-order valence-corrected chi connectivity index (χ3v) is 1.35. The lowest BCUT2D eigenvalue weighted by molar-refractivity contribution is 0.350. The van der Waals surface area contributed by atoms with Crippen LogP contribution in [0.15, 0.2) is 5.16 Å². The van der Waals surface area contributed by atoms with Crippen molar-refractivity contribution >= 4 is 14.8 Å². The lowest BCUT2D eigenvalue weighted by atomic mass is 10.3. The van der Waals surface area contributed by atoms with E-state index in [4.69, 9.17) is 4.53 Å². The molecule has 0 bridgehead atoms. The monoisotopic (exact) mass is 144 g/mol. The molecule has 0 N–H and O–H groups in total. The molecule has 1 radical (unpaired) electrons. The highest BCUT2D eigenvalue weighted by Gasteiger charge is 1.94. The average molecular weight is 144 g/mol. The number of oxime groups is 1. The summed E-state index contributed by atoms with van der Waals surface area (Å²) in [6, 6.07) is 0. The second-order valence-corrected chi connectivity index (χ2v) is 4.18. The van der Waals surface area contributed by atoms with Crippen LogP contribution >= 0.6 is 0 Å². The molecular weight excluding hydrogens is 130 g/mol. The van der Waals surface area contributed by atoms with Gasteiger partial charge in [-0.05, 0) is 26.4 Å². The Morgan fingerprint density at radius 3 is 2.44 bits per heavy atom. The first-order chi connectivity index (χ1) is 4.16. The lowest BCUT2D eigenvalue weighted by Gasteiger charge is -2.00. The van der Waals surface area contributed by atoms with Crippen molar-refractivity contribution in [1.29, 1.82) is 0 Å². The van der Waals surface area contributed by atoms with Gasteiger partial charge in [-0.3, -0.25) is 0 Å². The Hall–Kier alpha value is -0.313. The van der Waals surface area contributed by atoms with Gasteiger partial charge in [0.2, 0.25) is 0 Å². The third-order valence-electron chi connectivity index (χ3n) is 0.896. The molecule has 0 heterocycles. The van der Waals surface area contributed by atoms with E-state index in [0.717, 1.165) is 12.1 Å². The van der Waals surface area contributed by atoms with Gasteiger partial charge in [0.05, 0.1) is 5.71 Å². The van der Waals surface area contributed by atoms with Gasteiger partial charge in [0.25, 0.3) is 0 Å². The van der Waals surface area contributed by atoms with Gasteiger partial charge in [-0.2, -0.15) is 0 Å². The van der Waals surface area contributed by atoms with Gasteiger partial charge < -0.3 is 4.53 Å². The van der Waals surface area contributed by atoms with Crippen LogP contribution in [0.2, 0.25) is 13.1 Å². The van der Waals surface area contributed by atoms with E-state index in [2.05, 4.69) is 25.2 Å². The number of hydrogen-bond donors (Lipinski definition) is 0. The molecule has 3 heteroatoms. The molecule has 0 unspecified atom stereocenters. The van der Waals surface area contributed by atoms with Gasteiger partial charge in [0, 0.05) is 0 Å². The molecule has 0 saturated carbocycles. The predicted octanol–water partition coefficient (Wildman–Crippen LogP) is 2.04. The van der Waals surface area contributed by atoms with Gasteiger partial charge in [-0.15, -0.1) is 5.16 Å². The van der Waals surface area contributed by atoms with Crippen molar-refractivity contribution in [2.24, 2.45) is 5.16 Å². The Labute approximate surface area is 58.6 Å². The Kier molecular flexibility index (Phi) is 4.40. The molecule has 0 aromatic rings. The van der Waals surface area contributed by atoms with Crippen LogP contribution in [0.25, 0.3) is 0 Å². The summed E-state index contributed by atoms with van der Waals surface area (Å²) in [5.41, 5.74) is 1.07. The van der Waals surface area contributed by atoms with E-state index >= 15 is 0 Å². The summed E-state index contributed by atoms with van der Waals surface area (Å²) in [6.45, 7) is 8.18. The van der Waals surface area contributed by atoms with Gasteiger partial charge >= 0.3 is 9.04 Å². The molecule has 53 valence electrons. The van der Waals surface area contributed by atoms with E-state index in [0.29, 0.717) is 0 Å². The minimum absolute atomic E-state index is 0.627. The average Bonchev–Trinajstić information content (AvgIpc) is 1.83. The van der Waals surface area contributed by atoms with Crippen molar-refractivity contribution in [3.8, 4) is 0 Å². The fourth-order valence-electron chi connectivity index (χ4n) is 0.234. The van der Waals surface area contributed by atoms with E-state index in [-0.39, 0.29) is 0 Å². The first-order valence-electron chi connectivity index (χ1n) is 3.17. The van der Waals surface area contributed by atoms with Crippen LogP contribution in [-0.2, 0) is 4.53 Å². The van der Waals surface area contributed by atoms with Crippen molar-refractivity contribution < 1.29 is 4.53 Å². The summed E-state index contributed by atoms with van der Waals surface area (Å²) in [5, 5.41) is 3.90. The predicted molar refractivity (Wildman–Crippen MR) is 42.0 cm³/mol. The SMILES string of the molecule is CC/C(C)=N\O[Si](C)C. The molecule has 0 aliphatic heterocycles. The molecule has 0 spiro atoms. The second-order valence-electron chi connectivity index (χ2n) is 2.18. The van der Waals surface area contributed by atoms with Gasteiger partial charge in [-0.1, -0.05) is 6.92 Å². The van der Waals surface area contributed by atoms with Crippen LogP contribution in [0.3, 0.4) is 0 Å². The molecule has 0 aromatic heterocycles. The fraction of sp³-hybridized carbons (Fsp3) is 0.833. The first kappa shape index (κ1) is 8.69. The summed E-state index contributed by atoms with van der Waals surface area (Å²) < 4.78 is 5.08. The van der Waals surface area contributed by atoms with E-state index in [1.165, 1.54) is 0 Å². The maximum Gasteiger partial charge on any atom is 0.313 e. The molecule has 0 aliphatic carbocycles. The zero-order valence-corrected chi connectivity index (χ0v) is 7.56. The van der Waals surface area contributed by atoms with Crippen LogP contribution in [0.5, 0.6) is 0 Å². The smallest absolute Gasteiger partial charge is 0.313 e. The Morgan fingerprint density at radius 2 is 2.11 bits per heavy atom. The first-order valence-corrected chi connectivity index (χ1v) is 5.58. The highest BCUT2D eigenvalue weighted by molar-refractivity contribution is 6.48. The topological polar surface area (TPSA) is 21.6 Å². The maximum absolute atomic E-state index is 5.08. The minimum Gasteiger partial charge on any atom is -0.455 e. The van der Waals surface area contributed by atoms with Gasteiger partial charge in [0.1, 0.15) is 0 Å². The Bertz CT molecular complexity index is 101. The van der Waals surface area contributed by atoms with E-state index < -0.39 is 9.04 Å². The van der Waals surface area contributed by atoms with Crippen LogP contribution < -0.4 is 0 Å². The van der Waals surface area contributed by atoms with E-state index in [1.54, 1.807) is 0 Å². The molecule has 9 heavy (non-hydrogen) atoms. The van der Waals surface area contributed by atoms with E-state index in [9.17, 15) is 0 Å². The number of nitrogens with zero attached hydrogens (tertiary/aromatic N) is 1. The highest BCUT2D eigenvalue weighted by Crippen LogP contribution is 1.88. The fourth-order valence-corrected chi connectivity index (χ4v) is 0.572. The Morgan fingerprint density at radius 1 is 1.56 bits per heavy atom. The van der Waals surface area contributed by atoms with Crippen molar-refractivity contribution in [1.82, 2.24) is 0 Å². The second kappa shape index (κ2) is 4.55. The molecule has 0 atom stereocenters. The highest BCUT2D eigenvalue weighted by atomic mass is 28.3. The summed E-state index contributed by atoms with van der Waals surface area (Å²) in [6.07, 6.45) is 0.981. The van der Waals surface area contributed by atoms with Crippen LogP contribution in [-0.4, -0.2) is 14.8 Å². The van der Waals surface area contributed by atoms with Crippen molar-refractivity contribution in [3.05, 3.63) is 0 Å². The number of rotatable bonds is 3. The largest absolute Gasteiger partial charge is 0.455 e. The Balaban J connectivity index is 3.43. The molecule has 0 rings (SSSR count). The van der Waals surface area contributed by atoms with Crippen LogP contribution in [0, 0.1) is 0 Å². The third kappa shape index (κ3) is 5.56. The molecule has 0 fully saturated rings. The van der Waals surface area contributed by atoms with Crippen molar-refractivity contribution in [2.75, 3.05) is 0 Å². The molecule has 0 amide bonds. The summed E-state index contributed by atoms with van der Waals surface area (Å²) in [4.78, 5) is 0. The molecule has 2 nitrogen and oxygen atoms in total. The standard InChI is InChI=1S/C6H14NOSi/c1-5-6(2)7-8-9(3)4/h5H2,1-4H3/b7-6-. The molecule has 0 aliphatic rings. The summed E-state index contributed by atoms with van der Waals surface area (Å²) in [7, 11) is -0.627. The van der Waals surface area contributed by atoms with Gasteiger partial charge in [-0.25, -0.2) is 0 Å². The zero-order valence-electron chi connectivity index (χ0n) is 6.56. The molecule has 0 aromatic carbocycles. The molecule has 0 saturated heterocycles. The molecular formula is C6H14NOSi. The summed E-state index contributed by atoms with van der Waals surface area (Å²) >= 11 is 0. The van der Waals surface area contributed by atoms with Crippen molar-refractivity contribution in [3.63, 3.8) is 0 Å². The van der Waals surface area contributed by atoms with E-state index in [1.807, 2.05) is 6.92 Å². The van der Waals surface area contributed by atoms with Crippen LogP contribution in [0.4, 0.5) is 0 Å².